The first kappa shape index (κ1) is 12.0. The second kappa shape index (κ2) is 5.71. The van der Waals surface area contributed by atoms with Gasteiger partial charge < -0.3 is 4.74 Å². The molecule has 1 aromatic carbocycles. The largest absolute Gasteiger partial charge is 0.466 e. The lowest BCUT2D eigenvalue weighted by atomic mass is 10.1. The van der Waals surface area contributed by atoms with E-state index in [9.17, 15) is 9.18 Å². The highest BCUT2D eigenvalue weighted by Crippen LogP contribution is 2.20. The fourth-order valence-electron chi connectivity index (χ4n) is 1.21. The molecule has 0 N–H and O–H groups in total. The molecule has 0 amide bonds. The predicted octanol–water partition coefficient (Wildman–Crippen LogP) is 2.97. The van der Waals surface area contributed by atoms with Gasteiger partial charge in [0.05, 0.1) is 11.6 Å². The maximum Gasteiger partial charge on any atom is 0.306 e. The Morgan fingerprint density at radius 3 is 2.93 bits per heavy atom. The summed E-state index contributed by atoms with van der Waals surface area (Å²) in [4.78, 5) is 11.1. The number of hydrogen-bond acceptors (Lipinski definition) is 2. The molecule has 82 valence electrons. The van der Waals surface area contributed by atoms with Crippen LogP contribution in [0.3, 0.4) is 0 Å². The monoisotopic (exact) mass is 230 g/mol. The normalized spacial score (nSPS) is 10.1. The third-order valence-corrected chi connectivity index (χ3v) is 2.36. The molecule has 4 heteroatoms. The zero-order valence-electron chi connectivity index (χ0n) is 8.43. The van der Waals surface area contributed by atoms with E-state index in [4.69, 9.17) is 16.3 Å². The third kappa shape index (κ3) is 3.51. The molecule has 0 aliphatic rings. The summed E-state index contributed by atoms with van der Waals surface area (Å²) in [6.07, 6.45) is 0.617. The predicted molar refractivity (Wildman–Crippen MR) is 56.4 cm³/mol. The van der Waals surface area contributed by atoms with Crippen molar-refractivity contribution >= 4 is 17.6 Å². The van der Waals surface area contributed by atoms with Gasteiger partial charge in [-0.25, -0.2) is 4.39 Å². The molecular weight excluding hydrogens is 219 g/mol. The van der Waals surface area contributed by atoms with Gasteiger partial charge in [-0.2, -0.15) is 0 Å². The Kier molecular flexibility index (Phi) is 4.56. The molecule has 1 rings (SSSR count). The van der Waals surface area contributed by atoms with Gasteiger partial charge in [0.25, 0.3) is 0 Å². The Hall–Kier alpha value is -1.09. The van der Waals surface area contributed by atoms with Crippen molar-refractivity contribution in [1.29, 1.82) is 0 Å². The standard InChI is InChI=1S/C11H12ClFO2/c1-2-15-10(14)7-6-8-4-3-5-9(13)11(8)12/h3-5H,2,6-7H2,1H3. The lowest BCUT2D eigenvalue weighted by molar-refractivity contribution is -0.143. The Morgan fingerprint density at radius 1 is 1.53 bits per heavy atom. The zero-order chi connectivity index (χ0) is 11.3. The van der Waals surface area contributed by atoms with Crippen molar-refractivity contribution in [2.75, 3.05) is 6.61 Å². The lowest BCUT2D eigenvalue weighted by Gasteiger charge is -2.04. The number of aryl methyl sites for hydroxylation is 1. The molecule has 0 atom stereocenters. The van der Waals surface area contributed by atoms with Gasteiger partial charge in [-0.3, -0.25) is 4.79 Å². The summed E-state index contributed by atoms with van der Waals surface area (Å²) in [5, 5.41) is 0.0850. The first-order valence-corrected chi connectivity index (χ1v) is 5.11. The lowest BCUT2D eigenvalue weighted by Crippen LogP contribution is -2.05. The van der Waals surface area contributed by atoms with E-state index in [0.717, 1.165) is 0 Å². The van der Waals surface area contributed by atoms with Gasteiger partial charge in [0.1, 0.15) is 5.82 Å². The fourth-order valence-corrected chi connectivity index (χ4v) is 1.43. The summed E-state index contributed by atoms with van der Waals surface area (Å²) in [6, 6.07) is 4.56. The molecule has 15 heavy (non-hydrogen) atoms. The number of halogens is 2. The highest BCUT2D eigenvalue weighted by molar-refractivity contribution is 6.31. The van der Waals surface area contributed by atoms with Crippen molar-refractivity contribution in [3.8, 4) is 0 Å². The molecule has 0 aromatic heterocycles. The average Bonchev–Trinajstić information content (AvgIpc) is 2.21. The molecule has 2 nitrogen and oxygen atoms in total. The fraction of sp³-hybridized carbons (Fsp3) is 0.364. The second-order valence-electron chi connectivity index (χ2n) is 3.02. The number of esters is 1. The first-order chi connectivity index (χ1) is 7.15. The van der Waals surface area contributed by atoms with Crippen LogP contribution in [0.4, 0.5) is 4.39 Å². The van der Waals surface area contributed by atoms with Gasteiger partial charge in [0.15, 0.2) is 0 Å². The SMILES string of the molecule is CCOC(=O)CCc1cccc(F)c1Cl. The quantitative estimate of drug-likeness (QED) is 0.744. The summed E-state index contributed by atoms with van der Waals surface area (Å²) < 4.78 is 17.8. The van der Waals surface area contributed by atoms with Crippen LogP contribution in [0.5, 0.6) is 0 Å². The first-order valence-electron chi connectivity index (χ1n) is 4.73. The summed E-state index contributed by atoms with van der Waals surface area (Å²) in [5.41, 5.74) is 0.629. The molecule has 0 radical (unpaired) electrons. The van der Waals surface area contributed by atoms with E-state index in [-0.39, 0.29) is 17.4 Å². The van der Waals surface area contributed by atoms with E-state index in [0.29, 0.717) is 18.6 Å². The number of carbonyl (C=O) groups excluding carboxylic acids is 1. The van der Waals surface area contributed by atoms with E-state index >= 15 is 0 Å². The van der Waals surface area contributed by atoms with Gasteiger partial charge >= 0.3 is 5.97 Å². The molecule has 0 heterocycles. The van der Waals surface area contributed by atoms with E-state index in [2.05, 4.69) is 0 Å². The summed E-state index contributed by atoms with van der Waals surface area (Å²) in [7, 11) is 0. The Labute approximate surface area is 93.0 Å². The number of benzene rings is 1. The van der Waals surface area contributed by atoms with E-state index < -0.39 is 5.82 Å². The number of carbonyl (C=O) groups is 1. The van der Waals surface area contributed by atoms with Crippen LogP contribution in [0.25, 0.3) is 0 Å². The van der Waals surface area contributed by atoms with Crippen molar-refractivity contribution in [1.82, 2.24) is 0 Å². The number of ether oxygens (including phenoxy) is 1. The van der Waals surface area contributed by atoms with Gasteiger partial charge in [-0.15, -0.1) is 0 Å². The Bertz CT molecular complexity index is 352. The number of hydrogen-bond donors (Lipinski definition) is 0. The van der Waals surface area contributed by atoms with Gasteiger partial charge in [0, 0.05) is 6.42 Å². The van der Waals surface area contributed by atoms with Crippen LogP contribution in [0, 0.1) is 5.82 Å². The molecule has 0 unspecified atom stereocenters. The number of rotatable bonds is 4. The molecule has 0 aliphatic carbocycles. The minimum Gasteiger partial charge on any atom is -0.466 e. The second-order valence-corrected chi connectivity index (χ2v) is 3.40. The van der Waals surface area contributed by atoms with Gasteiger partial charge in [0.2, 0.25) is 0 Å². The van der Waals surface area contributed by atoms with Crippen LogP contribution in [0.15, 0.2) is 18.2 Å². The van der Waals surface area contributed by atoms with Crippen LogP contribution in [0.1, 0.15) is 18.9 Å². The minimum atomic E-state index is -0.460. The molecule has 0 fully saturated rings. The topological polar surface area (TPSA) is 26.3 Å². The van der Waals surface area contributed by atoms with Crippen molar-refractivity contribution in [3.05, 3.63) is 34.6 Å². The maximum absolute atomic E-state index is 13.0. The van der Waals surface area contributed by atoms with Crippen LogP contribution in [-0.4, -0.2) is 12.6 Å². The van der Waals surface area contributed by atoms with E-state index in [1.54, 1.807) is 19.1 Å². The van der Waals surface area contributed by atoms with Crippen molar-refractivity contribution in [2.24, 2.45) is 0 Å². The third-order valence-electron chi connectivity index (χ3n) is 1.94. The zero-order valence-corrected chi connectivity index (χ0v) is 9.18. The van der Waals surface area contributed by atoms with Crippen molar-refractivity contribution in [2.45, 2.75) is 19.8 Å². The highest BCUT2D eigenvalue weighted by atomic mass is 35.5. The Morgan fingerprint density at radius 2 is 2.27 bits per heavy atom. The average molecular weight is 231 g/mol. The maximum atomic E-state index is 13.0. The van der Waals surface area contributed by atoms with Gasteiger partial charge in [-0.1, -0.05) is 23.7 Å². The summed E-state index contributed by atoms with van der Waals surface area (Å²) in [6.45, 7) is 2.10. The molecule has 0 bridgehead atoms. The smallest absolute Gasteiger partial charge is 0.306 e. The van der Waals surface area contributed by atoms with Crippen molar-refractivity contribution in [3.63, 3.8) is 0 Å². The highest BCUT2D eigenvalue weighted by Gasteiger charge is 2.08. The molecule has 0 saturated carbocycles. The molecule has 0 aliphatic heterocycles. The van der Waals surface area contributed by atoms with Crippen LogP contribution in [-0.2, 0) is 16.0 Å². The summed E-state index contributed by atoms with van der Waals surface area (Å²) in [5.74, 6) is -0.754. The van der Waals surface area contributed by atoms with Gasteiger partial charge in [-0.05, 0) is 25.0 Å². The van der Waals surface area contributed by atoms with Crippen LogP contribution in [0.2, 0.25) is 5.02 Å². The Balaban J connectivity index is 2.58. The molecule has 0 saturated heterocycles. The van der Waals surface area contributed by atoms with E-state index in [1.807, 2.05) is 0 Å². The molecule has 1 aromatic rings. The van der Waals surface area contributed by atoms with Crippen LogP contribution < -0.4 is 0 Å². The minimum absolute atomic E-state index is 0.0850. The van der Waals surface area contributed by atoms with E-state index in [1.165, 1.54) is 6.07 Å². The van der Waals surface area contributed by atoms with Crippen LogP contribution >= 0.6 is 11.6 Å². The van der Waals surface area contributed by atoms with Crippen molar-refractivity contribution < 1.29 is 13.9 Å². The molecule has 0 spiro atoms. The summed E-state index contributed by atoms with van der Waals surface area (Å²) >= 11 is 5.73. The molecular formula is C11H12ClFO2.